The molecule has 0 aliphatic carbocycles. The van der Waals surface area contributed by atoms with E-state index in [0.717, 1.165) is 36.7 Å². The van der Waals surface area contributed by atoms with Crippen LogP contribution >= 0.6 is 20.8 Å². The number of rotatable bonds is 11. The van der Waals surface area contributed by atoms with E-state index in [1.165, 1.54) is 15.9 Å². The normalized spacial score (nSPS) is 15.9. The van der Waals surface area contributed by atoms with Gasteiger partial charge in [0.15, 0.2) is 5.96 Å². The van der Waals surface area contributed by atoms with E-state index in [0.29, 0.717) is 18.5 Å². The third-order valence-electron chi connectivity index (χ3n) is 7.72. The smallest absolute Gasteiger partial charge is 0.370 e. The van der Waals surface area contributed by atoms with Crippen molar-refractivity contribution in [3.8, 4) is 5.75 Å². The molecule has 1 unspecified atom stereocenters. The molecular weight excluding hydrogens is 605 g/mol. The van der Waals surface area contributed by atoms with Gasteiger partial charge in [-0.2, -0.15) is 0 Å². The summed E-state index contributed by atoms with van der Waals surface area (Å²) in [5.41, 5.74) is 6.94. The minimum absolute atomic E-state index is 0.364. The fourth-order valence-corrected chi connectivity index (χ4v) is 13.2. The van der Waals surface area contributed by atoms with Crippen molar-refractivity contribution in [2.24, 2.45) is 15.7 Å². The van der Waals surface area contributed by atoms with E-state index >= 15 is 0 Å². The van der Waals surface area contributed by atoms with E-state index < -0.39 is 5.31 Å². The average Bonchev–Trinajstić information content (AvgIpc) is 3.04. The van der Waals surface area contributed by atoms with Gasteiger partial charge in [-0.25, -0.2) is 0 Å². The van der Waals surface area contributed by atoms with Gasteiger partial charge in [0.25, 0.3) is 0 Å². The molecule has 0 fully saturated rings. The van der Waals surface area contributed by atoms with Crippen LogP contribution in [-0.4, -0.2) is 43.7 Å². The van der Waals surface area contributed by atoms with Crippen molar-refractivity contribution in [2.75, 3.05) is 26.9 Å². The van der Waals surface area contributed by atoms with Gasteiger partial charge < -0.3 is 10.6 Å². The first kappa shape index (κ1) is 29.8. The van der Waals surface area contributed by atoms with Gasteiger partial charge in [-0.3, -0.25) is 5.32 Å². The number of nitrogens with zero attached hydrogens (tertiary/aromatic N) is 3. The second kappa shape index (κ2) is 13.1. The summed E-state index contributed by atoms with van der Waals surface area (Å²) < 4.78 is 6.12. The Balaban J connectivity index is 1.24. The molecule has 4 aromatic rings. The van der Waals surface area contributed by atoms with Crippen molar-refractivity contribution >= 4 is 48.6 Å². The Kier molecular flexibility index (Phi) is 9.30. The Bertz CT molecular complexity index is 1410. The van der Waals surface area contributed by atoms with Crippen molar-refractivity contribution in [3.05, 3.63) is 121 Å². The number of unbranched alkanes of at least 4 members (excludes halogenated alkanes) is 2. The molecule has 1 aliphatic heterocycles. The predicted molar refractivity (Wildman–Crippen MR) is 183 cm³/mol. The standard InChI is InChI=1S/C34H39BrN5OP/c1-40(2)34-38-32(37-33(36)39-34)27-21-23-28(24-22-27)41-25-13-6-14-26-42(35,29-15-7-3-8-16-29,30-17-9-4-10-18-30)31-19-11-5-12-20-31/h3-5,7-12,15-24,32H,6,13-14,25-26H2,1-2H3,(H3,36,37,38,39). The van der Waals surface area contributed by atoms with Crippen molar-refractivity contribution in [3.63, 3.8) is 0 Å². The number of halogens is 1. The summed E-state index contributed by atoms with van der Waals surface area (Å²) in [6.45, 7) is 0.668. The second-order valence-corrected chi connectivity index (χ2v) is 19.8. The quantitative estimate of drug-likeness (QED) is 0.157. The fourth-order valence-electron chi connectivity index (χ4n) is 5.50. The van der Waals surface area contributed by atoms with Gasteiger partial charge in [-0.1, -0.05) is 0 Å². The Morgan fingerprint density at radius 3 is 1.76 bits per heavy atom. The van der Waals surface area contributed by atoms with Crippen LogP contribution in [0.25, 0.3) is 0 Å². The average molecular weight is 645 g/mol. The molecule has 4 aromatic carbocycles. The van der Waals surface area contributed by atoms with Crippen LogP contribution in [0.15, 0.2) is 125 Å². The SMILES string of the molecule is CN(C)C1=NC(c2ccc(OCCCCCP(Br)(c3ccccc3)(c3ccccc3)c3ccccc3)cc2)N=C(N)N1. The van der Waals surface area contributed by atoms with Gasteiger partial charge in [-0.05, 0) is 0 Å². The van der Waals surface area contributed by atoms with E-state index in [1.54, 1.807) is 0 Å². The molecule has 8 heteroatoms. The van der Waals surface area contributed by atoms with E-state index in [4.69, 9.17) is 10.5 Å². The fraction of sp³-hybridized carbons (Fsp3) is 0.235. The predicted octanol–water partition coefficient (Wildman–Crippen LogP) is 5.91. The topological polar surface area (TPSA) is 75.2 Å². The maximum absolute atomic E-state index is 6.12. The maximum atomic E-state index is 6.12. The molecule has 0 saturated heterocycles. The van der Waals surface area contributed by atoms with Gasteiger partial charge in [-0.15, -0.1) is 0 Å². The van der Waals surface area contributed by atoms with Gasteiger partial charge in [0.2, 0.25) is 5.96 Å². The Labute approximate surface area is 257 Å². The first-order valence-electron chi connectivity index (χ1n) is 14.4. The Morgan fingerprint density at radius 2 is 1.26 bits per heavy atom. The van der Waals surface area contributed by atoms with Crippen LogP contribution in [0.4, 0.5) is 0 Å². The second-order valence-electron chi connectivity index (χ2n) is 10.8. The van der Waals surface area contributed by atoms with Crippen LogP contribution in [0.5, 0.6) is 5.75 Å². The number of benzene rings is 4. The number of hydrogen-bond acceptors (Lipinski definition) is 6. The molecule has 5 rings (SSSR count). The first-order chi connectivity index (χ1) is 20.4. The van der Waals surface area contributed by atoms with Crippen LogP contribution in [0.1, 0.15) is 31.0 Å². The zero-order chi connectivity index (χ0) is 29.4. The van der Waals surface area contributed by atoms with Gasteiger partial charge >= 0.3 is 216 Å². The summed E-state index contributed by atoms with van der Waals surface area (Å²) in [7, 11) is 3.84. The number of hydrogen-bond donors (Lipinski definition) is 2. The molecule has 1 heterocycles. The van der Waals surface area contributed by atoms with Gasteiger partial charge in [0, 0.05) is 14.1 Å². The molecule has 6 nitrogen and oxygen atoms in total. The molecule has 0 bridgehead atoms. The van der Waals surface area contributed by atoms with E-state index in [9.17, 15) is 0 Å². The van der Waals surface area contributed by atoms with Crippen LogP contribution in [0, 0.1) is 0 Å². The zero-order valence-electron chi connectivity index (χ0n) is 24.2. The number of nitrogens with two attached hydrogens (primary N) is 1. The molecule has 1 atom stereocenters. The summed E-state index contributed by atoms with van der Waals surface area (Å²) >= 11 is 4.54. The zero-order valence-corrected chi connectivity index (χ0v) is 26.7. The summed E-state index contributed by atoms with van der Waals surface area (Å²) in [5.74, 6) is 1.90. The minimum atomic E-state index is -2.87. The third-order valence-corrected chi connectivity index (χ3v) is 17.8. The summed E-state index contributed by atoms with van der Waals surface area (Å²) in [6, 6.07) is 40.9. The Hall–Kier alpha value is -3.67. The molecule has 0 radical (unpaired) electrons. The molecular formula is C34H39BrN5OP. The number of nitrogens with one attached hydrogen (secondary N) is 1. The molecule has 42 heavy (non-hydrogen) atoms. The number of aliphatic imine (C=N–C) groups is 2. The Morgan fingerprint density at radius 1 is 0.738 bits per heavy atom. The van der Waals surface area contributed by atoms with Crippen molar-refractivity contribution in [1.29, 1.82) is 0 Å². The van der Waals surface area contributed by atoms with Crippen LogP contribution < -0.4 is 31.7 Å². The van der Waals surface area contributed by atoms with E-state index in [-0.39, 0.29) is 6.17 Å². The number of ether oxygens (including phenoxy) is 1. The van der Waals surface area contributed by atoms with Crippen molar-refractivity contribution in [2.45, 2.75) is 25.4 Å². The molecule has 3 N–H and O–H groups in total. The summed E-state index contributed by atoms with van der Waals surface area (Å²) in [4.78, 5) is 11.0. The van der Waals surface area contributed by atoms with Crippen molar-refractivity contribution < 1.29 is 4.74 Å². The molecule has 0 amide bonds. The van der Waals surface area contributed by atoms with Gasteiger partial charge in [0.05, 0.1) is 0 Å². The number of guanidine groups is 2. The monoisotopic (exact) mass is 643 g/mol. The van der Waals surface area contributed by atoms with Crippen LogP contribution in [0.2, 0.25) is 0 Å². The first-order valence-corrected chi connectivity index (χ1v) is 18.8. The molecule has 0 saturated carbocycles. The van der Waals surface area contributed by atoms with Crippen LogP contribution in [-0.2, 0) is 0 Å². The van der Waals surface area contributed by atoms with Crippen LogP contribution in [0.3, 0.4) is 0 Å². The van der Waals surface area contributed by atoms with E-state index in [2.05, 4.69) is 122 Å². The molecule has 0 spiro atoms. The summed E-state index contributed by atoms with van der Waals surface area (Å²) in [5, 5.41) is 4.20. The van der Waals surface area contributed by atoms with Gasteiger partial charge in [0.1, 0.15) is 0 Å². The molecule has 0 aromatic heterocycles. The third kappa shape index (κ3) is 6.23. The van der Waals surface area contributed by atoms with E-state index in [1.807, 2.05) is 43.3 Å². The summed E-state index contributed by atoms with van der Waals surface area (Å²) in [6.07, 6.45) is 3.79. The molecule has 218 valence electrons. The van der Waals surface area contributed by atoms with Crippen molar-refractivity contribution in [1.82, 2.24) is 10.2 Å². The molecule has 1 aliphatic rings. The minimum Gasteiger partial charge on any atom is -0.370 e.